The lowest BCUT2D eigenvalue weighted by Crippen LogP contribution is -2.66. The Morgan fingerprint density at radius 3 is 2.55 bits per heavy atom. The number of rotatable bonds is 4. The SMILES string of the molecule is CC(C)(C)c1nc(N2CC3(COC3)C2)c2nn(Cc3nnnn3C3CC3)nc2n1. The average Bonchev–Trinajstić information content (AvgIpc) is 3.18. The maximum absolute atomic E-state index is 5.42. The fourth-order valence-corrected chi connectivity index (χ4v) is 4.00. The molecular formula is C18H24N10O. The van der Waals surface area contributed by atoms with Crippen molar-refractivity contribution in [2.75, 3.05) is 31.2 Å². The molecule has 6 rings (SSSR count). The van der Waals surface area contributed by atoms with Crippen molar-refractivity contribution >= 4 is 17.0 Å². The number of anilines is 1. The number of fused-ring (bicyclic) bond motifs is 1. The van der Waals surface area contributed by atoms with Crippen LogP contribution in [0.5, 0.6) is 0 Å². The number of nitrogens with zero attached hydrogens (tertiary/aromatic N) is 10. The summed E-state index contributed by atoms with van der Waals surface area (Å²) in [5, 5.41) is 21.5. The van der Waals surface area contributed by atoms with Crippen molar-refractivity contribution in [1.29, 1.82) is 0 Å². The minimum atomic E-state index is -0.176. The van der Waals surface area contributed by atoms with Gasteiger partial charge in [-0.2, -0.15) is 4.80 Å². The average molecular weight is 396 g/mol. The minimum Gasteiger partial charge on any atom is -0.380 e. The third-order valence-corrected chi connectivity index (χ3v) is 5.85. The van der Waals surface area contributed by atoms with Gasteiger partial charge in [-0.15, -0.1) is 15.3 Å². The van der Waals surface area contributed by atoms with Crippen LogP contribution >= 0.6 is 0 Å². The van der Waals surface area contributed by atoms with Crippen molar-refractivity contribution in [3.8, 4) is 0 Å². The Bertz CT molecular complexity index is 1080. The maximum atomic E-state index is 5.42. The summed E-state index contributed by atoms with van der Waals surface area (Å²) in [5.74, 6) is 2.42. The fraction of sp³-hybridized carbons (Fsp3) is 0.722. The summed E-state index contributed by atoms with van der Waals surface area (Å²) >= 11 is 0. The van der Waals surface area contributed by atoms with E-state index >= 15 is 0 Å². The smallest absolute Gasteiger partial charge is 0.207 e. The molecule has 3 fully saturated rings. The highest BCUT2D eigenvalue weighted by atomic mass is 16.5. The minimum absolute atomic E-state index is 0.176. The Labute approximate surface area is 167 Å². The molecule has 1 spiro atoms. The second-order valence-electron chi connectivity index (χ2n) is 9.64. The maximum Gasteiger partial charge on any atom is 0.207 e. The Morgan fingerprint density at radius 1 is 1.10 bits per heavy atom. The van der Waals surface area contributed by atoms with E-state index in [1.54, 1.807) is 4.80 Å². The quantitative estimate of drug-likeness (QED) is 0.629. The molecule has 0 radical (unpaired) electrons. The van der Waals surface area contributed by atoms with Gasteiger partial charge < -0.3 is 9.64 Å². The number of hydrogen-bond donors (Lipinski definition) is 0. The molecule has 2 aliphatic heterocycles. The summed E-state index contributed by atoms with van der Waals surface area (Å²) in [6, 6.07) is 0.412. The summed E-state index contributed by atoms with van der Waals surface area (Å²) in [4.78, 5) is 13.5. The molecule has 11 heteroatoms. The molecule has 0 unspecified atom stereocenters. The highest BCUT2D eigenvalue weighted by Gasteiger charge is 2.50. The predicted octanol–water partition coefficient (Wildman–Crippen LogP) is 0.725. The van der Waals surface area contributed by atoms with E-state index in [0.29, 0.717) is 23.6 Å². The van der Waals surface area contributed by atoms with Gasteiger partial charge in [-0.3, -0.25) is 0 Å². The van der Waals surface area contributed by atoms with E-state index in [2.05, 4.69) is 46.3 Å². The van der Waals surface area contributed by atoms with Crippen LogP contribution in [0.15, 0.2) is 0 Å². The second kappa shape index (κ2) is 5.68. The van der Waals surface area contributed by atoms with Crippen molar-refractivity contribution in [2.24, 2.45) is 5.41 Å². The van der Waals surface area contributed by atoms with E-state index in [9.17, 15) is 0 Å². The van der Waals surface area contributed by atoms with Gasteiger partial charge in [0.1, 0.15) is 12.4 Å². The van der Waals surface area contributed by atoms with Gasteiger partial charge >= 0.3 is 0 Å². The lowest BCUT2D eigenvalue weighted by atomic mass is 9.78. The molecule has 0 atom stereocenters. The summed E-state index contributed by atoms with van der Waals surface area (Å²) in [5.41, 5.74) is 1.47. The van der Waals surface area contributed by atoms with Crippen LogP contribution < -0.4 is 4.90 Å². The Balaban J connectivity index is 1.38. The first kappa shape index (κ1) is 17.2. The second-order valence-corrected chi connectivity index (χ2v) is 9.64. The normalized spacial score (nSPS) is 20.9. The lowest BCUT2D eigenvalue weighted by Gasteiger charge is -2.55. The van der Waals surface area contributed by atoms with E-state index in [0.717, 1.165) is 62.1 Å². The van der Waals surface area contributed by atoms with Crippen molar-refractivity contribution in [2.45, 2.75) is 51.6 Å². The van der Waals surface area contributed by atoms with E-state index < -0.39 is 0 Å². The van der Waals surface area contributed by atoms with Crippen molar-refractivity contribution < 1.29 is 4.74 Å². The monoisotopic (exact) mass is 396 g/mol. The van der Waals surface area contributed by atoms with Crippen LogP contribution in [-0.4, -0.2) is 71.5 Å². The lowest BCUT2D eigenvalue weighted by molar-refractivity contribution is -0.127. The van der Waals surface area contributed by atoms with Gasteiger partial charge in [0.05, 0.1) is 24.7 Å². The molecule has 3 aliphatic rings. The van der Waals surface area contributed by atoms with Gasteiger partial charge in [0.25, 0.3) is 0 Å². The van der Waals surface area contributed by atoms with Gasteiger partial charge in [0.15, 0.2) is 17.2 Å². The van der Waals surface area contributed by atoms with Crippen LogP contribution in [0.1, 0.15) is 51.3 Å². The molecular weight excluding hydrogens is 372 g/mol. The summed E-state index contributed by atoms with van der Waals surface area (Å²) < 4.78 is 7.30. The first-order chi connectivity index (χ1) is 13.9. The standard InChI is InChI=1S/C18H24N10O/c1-17(2,3)16-19-14-13(15(20-16)26-7-18(8-26)9-29-10-18)22-27(23-14)6-12-21-24-25-28(12)11-4-5-11/h11H,4-10H2,1-3H3. The molecule has 11 nitrogen and oxygen atoms in total. The molecule has 1 aliphatic carbocycles. The zero-order valence-electron chi connectivity index (χ0n) is 16.9. The van der Waals surface area contributed by atoms with Crippen LogP contribution in [0.25, 0.3) is 11.2 Å². The highest BCUT2D eigenvalue weighted by molar-refractivity contribution is 5.83. The molecule has 3 aromatic heterocycles. The molecule has 2 saturated heterocycles. The van der Waals surface area contributed by atoms with Crippen molar-refractivity contribution in [3.63, 3.8) is 0 Å². The number of tetrazole rings is 1. The van der Waals surface area contributed by atoms with E-state index in [4.69, 9.17) is 19.8 Å². The third kappa shape index (κ3) is 2.78. The summed E-state index contributed by atoms with van der Waals surface area (Å²) in [6.07, 6.45) is 2.25. The highest BCUT2D eigenvalue weighted by Crippen LogP contribution is 2.41. The molecule has 0 N–H and O–H groups in total. The van der Waals surface area contributed by atoms with Crippen LogP contribution in [0.2, 0.25) is 0 Å². The van der Waals surface area contributed by atoms with Gasteiger partial charge in [0, 0.05) is 18.5 Å². The van der Waals surface area contributed by atoms with Gasteiger partial charge in [-0.05, 0) is 23.3 Å². The Hall–Kier alpha value is -2.69. The van der Waals surface area contributed by atoms with Crippen LogP contribution in [0.4, 0.5) is 5.82 Å². The van der Waals surface area contributed by atoms with Crippen LogP contribution in [-0.2, 0) is 16.7 Å². The summed E-state index contributed by atoms with van der Waals surface area (Å²) in [6.45, 7) is 10.3. The topological polar surface area (TPSA) is 113 Å². The van der Waals surface area contributed by atoms with E-state index in [1.807, 2.05) is 4.68 Å². The molecule has 152 valence electrons. The zero-order chi connectivity index (χ0) is 19.8. The van der Waals surface area contributed by atoms with Crippen molar-refractivity contribution in [3.05, 3.63) is 11.6 Å². The van der Waals surface area contributed by atoms with Gasteiger partial charge in [0.2, 0.25) is 5.65 Å². The largest absolute Gasteiger partial charge is 0.380 e. The molecule has 0 aromatic carbocycles. The molecule has 0 bridgehead atoms. The predicted molar refractivity (Wildman–Crippen MR) is 102 cm³/mol. The van der Waals surface area contributed by atoms with Crippen LogP contribution in [0.3, 0.4) is 0 Å². The summed E-state index contributed by atoms with van der Waals surface area (Å²) in [7, 11) is 0. The first-order valence-electron chi connectivity index (χ1n) is 10.1. The van der Waals surface area contributed by atoms with Gasteiger partial charge in [-0.25, -0.2) is 14.6 Å². The zero-order valence-corrected chi connectivity index (χ0v) is 16.9. The third-order valence-electron chi connectivity index (χ3n) is 5.85. The fourth-order valence-electron chi connectivity index (χ4n) is 4.00. The number of hydrogen-bond acceptors (Lipinski definition) is 9. The molecule has 1 saturated carbocycles. The molecule has 3 aromatic rings. The molecule has 5 heterocycles. The number of ether oxygens (including phenoxy) is 1. The Kier molecular flexibility index (Phi) is 3.37. The van der Waals surface area contributed by atoms with Crippen molar-refractivity contribution in [1.82, 2.24) is 45.2 Å². The molecule has 0 amide bonds. The van der Waals surface area contributed by atoms with E-state index in [1.165, 1.54) is 0 Å². The first-order valence-corrected chi connectivity index (χ1v) is 10.1. The van der Waals surface area contributed by atoms with Gasteiger partial charge in [-0.1, -0.05) is 20.8 Å². The van der Waals surface area contributed by atoms with E-state index in [-0.39, 0.29) is 5.41 Å². The Morgan fingerprint density at radius 2 is 1.90 bits per heavy atom. The molecule has 29 heavy (non-hydrogen) atoms. The van der Waals surface area contributed by atoms with Crippen LogP contribution in [0, 0.1) is 5.41 Å². The number of aromatic nitrogens is 9.